The molecule has 2 atom stereocenters. The minimum absolute atomic E-state index is 0.0111. The first kappa shape index (κ1) is 13.4. The number of nitrogens with one attached hydrogen (secondary N) is 1. The van der Waals surface area contributed by atoms with Gasteiger partial charge in [-0.15, -0.1) is 0 Å². The fourth-order valence-corrected chi connectivity index (χ4v) is 2.81. The highest BCUT2D eigenvalue weighted by Crippen LogP contribution is 2.23. The number of hydrogen-bond acceptors (Lipinski definition) is 1. The molecule has 0 saturated carbocycles. The summed E-state index contributed by atoms with van der Waals surface area (Å²) in [7, 11) is 0. The second-order valence-corrected chi connectivity index (χ2v) is 5.89. The number of piperidine rings is 1. The van der Waals surface area contributed by atoms with Crippen LogP contribution in [0.25, 0.3) is 0 Å². The molecule has 18 heavy (non-hydrogen) atoms. The summed E-state index contributed by atoms with van der Waals surface area (Å²) >= 11 is 3.38. The molecule has 2 amide bonds. The molecule has 0 aromatic heterocycles. The Morgan fingerprint density at radius 3 is 2.33 bits per heavy atom. The number of urea groups is 1. The van der Waals surface area contributed by atoms with Gasteiger partial charge in [0.2, 0.25) is 0 Å². The SMILES string of the molecule is C[C@H]1CCC[C@H](C)N1C(=O)Nc1ccc(Br)cc1. The first-order valence-corrected chi connectivity index (χ1v) is 7.22. The van der Waals surface area contributed by atoms with Crippen LogP contribution in [0.3, 0.4) is 0 Å². The number of carbonyl (C=O) groups is 1. The number of likely N-dealkylation sites (tertiary alicyclic amines) is 1. The third kappa shape index (κ3) is 3.05. The summed E-state index contributed by atoms with van der Waals surface area (Å²) in [6.45, 7) is 4.24. The number of nitrogens with zero attached hydrogens (tertiary/aromatic N) is 1. The molecule has 1 saturated heterocycles. The van der Waals surface area contributed by atoms with Gasteiger partial charge >= 0.3 is 6.03 Å². The molecule has 2 rings (SSSR count). The van der Waals surface area contributed by atoms with Gasteiger partial charge in [-0.25, -0.2) is 4.79 Å². The molecule has 1 fully saturated rings. The highest BCUT2D eigenvalue weighted by molar-refractivity contribution is 9.10. The van der Waals surface area contributed by atoms with Crippen molar-refractivity contribution in [3.63, 3.8) is 0 Å². The van der Waals surface area contributed by atoms with Crippen LogP contribution in [-0.2, 0) is 0 Å². The van der Waals surface area contributed by atoms with Gasteiger partial charge in [0.1, 0.15) is 0 Å². The van der Waals surface area contributed by atoms with E-state index in [1.807, 2.05) is 29.2 Å². The smallest absolute Gasteiger partial charge is 0.319 e. The van der Waals surface area contributed by atoms with Gasteiger partial charge < -0.3 is 10.2 Å². The maximum Gasteiger partial charge on any atom is 0.322 e. The highest BCUT2D eigenvalue weighted by Gasteiger charge is 2.28. The van der Waals surface area contributed by atoms with Gasteiger partial charge in [-0.1, -0.05) is 15.9 Å². The molecule has 1 aliphatic heterocycles. The monoisotopic (exact) mass is 310 g/mol. The Morgan fingerprint density at radius 2 is 1.78 bits per heavy atom. The molecule has 4 heteroatoms. The molecule has 0 radical (unpaired) electrons. The Hall–Kier alpha value is -1.03. The first-order chi connectivity index (χ1) is 8.58. The van der Waals surface area contributed by atoms with E-state index >= 15 is 0 Å². The van der Waals surface area contributed by atoms with Gasteiger partial charge in [-0.05, 0) is 57.4 Å². The number of amides is 2. The summed E-state index contributed by atoms with van der Waals surface area (Å²) in [5, 5.41) is 2.97. The van der Waals surface area contributed by atoms with Crippen molar-refractivity contribution in [1.82, 2.24) is 4.90 Å². The lowest BCUT2D eigenvalue weighted by molar-refractivity contribution is 0.133. The van der Waals surface area contributed by atoms with Gasteiger partial charge in [0, 0.05) is 22.2 Å². The van der Waals surface area contributed by atoms with Crippen LogP contribution in [0, 0.1) is 0 Å². The zero-order valence-electron chi connectivity index (χ0n) is 10.8. The second kappa shape index (κ2) is 5.74. The summed E-state index contributed by atoms with van der Waals surface area (Å²) in [4.78, 5) is 14.2. The predicted octanol–water partition coefficient (Wildman–Crippen LogP) is 4.24. The topological polar surface area (TPSA) is 32.3 Å². The zero-order valence-corrected chi connectivity index (χ0v) is 12.4. The summed E-state index contributed by atoms with van der Waals surface area (Å²) in [5.74, 6) is 0. The normalized spacial score (nSPS) is 23.8. The summed E-state index contributed by atoms with van der Waals surface area (Å²) in [6.07, 6.45) is 3.40. The second-order valence-electron chi connectivity index (χ2n) is 4.97. The maximum atomic E-state index is 12.3. The lowest BCUT2D eigenvalue weighted by Crippen LogP contribution is -2.49. The van der Waals surface area contributed by atoms with E-state index in [0.29, 0.717) is 12.1 Å². The molecular formula is C14H19BrN2O. The lowest BCUT2D eigenvalue weighted by Gasteiger charge is -2.38. The maximum absolute atomic E-state index is 12.3. The zero-order chi connectivity index (χ0) is 13.1. The van der Waals surface area contributed by atoms with Crippen molar-refractivity contribution in [1.29, 1.82) is 0 Å². The summed E-state index contributed by atoms with van der Waals surface area (Å²) in [6, 6.07) is 8.32. The Balaban J connectivity index is 2.04. The van der Waals surface area contributed by atoms with E-state index in [0.717, 1.165) is 23.0 Å². The molecule has 0 unspecified atom stereocenters. The van der Waals surface area contributed by atoms with Crippen molar-refractivity contribution in [2.75, 3.05) is 5.32 Å². The van der Waals surface area contributed by atoms with E-state index in [2.05, 4.69) is 35.1 Å². The van der Waals surface area contributed by atoms with Crippen LogP contribution in [0.1, 0.15) is 33.1 Å². The molecule has 1 heterocycles. The average Bonchev–Trinajstić information content (AvgIpc) is 2.32. The lowest BCUT2D eigenvalue weighted by atomic mass is 9.98. The Bertz CT molecular complexity index is 408. The minimum Gasteiger partial charge on any atom is -0.319 e. The van der Waals surface area contributed by atoms with Crippen molar-refractivity contribution >= 4 is 27.6 Å². The van der Waals surface area contributed by atoms with E-state index in [1.54, 1.807) is 0 Å². The van der Waals surface area contributed by atoms with Crippen molar-refractivity contribution in [2.45, 2.75) is 45.2 Å². The number of halogens is 1. The Kier molecular flexibility index (Phi) is 4.27. The Labute approximate surface area is 117 Å². The van der Waals surface area contributed by atoms with Gasteiger partial charge in [0.25, 0.3) is 0 Å². The van der Waals surface area contributed by atoms with Gasteiger partial charge in [0.05, 0.1) is 0 Å². The summed E-state index contributed by atoms with van der Waals surface area (Å²) in [5.41, 5.74) is 0.841. The predicted molar refractivity (Wildman–Crippen MR) is 77.8 cm³/mol. The van der Waals surface area contributed by atoms with Crippen molar-refractivity contribution in [3.8, 4) is 0 Å². The largest absolute Gasteiger partial charge is 0.322 e. The van der Waals surface area contributed by atoms with Crippen LogP contribution >= 0.6 is 15.9 Å². The number of carbonyl (C=O) groups excluding carboxylic acids is 1. The van der Waals surface area contributed by atoms with Crippen molar-refractivity contribution < 1.29 is 4.79 Å². The van der Waals surface area contributed by atoms with E-state index in [-0.39, 0.29) is 6.03 Å². The van der Waals surface area contributed by atoms with E-state index in [1.165, 1.54) is 6.42 Å². The first-order valence-electron chi connectivity index (χ1n) is 6.43. The van der Waals surface area contributed by atoms with Crippen LogP contribution < -0.4 is 5.32 Å². The molecule has 0 bridgehead atoms. The molecule has 3 nitrogen and oxygen atoms in total. The quantitative estimate of drug-likeness (QED) is 0.826. The molecule has 98 valence electrons. The van der Waals surface area contributed by atoms with Gasteiger partial charge in [-0.3, -0.25) is 0 Å². The number of anilines is 1. The number of benzene rings is 1. The van der Waals surface area contributed by atoms with Gasteiger partial charge in [0.15, 0.2) is 0 Å². The molecule has 1 N–H and O–H groups in total. The van der Waals surface area contributed by atoms with E-state index < -0.39 is 0 Å². The molecule has 0 aliphatic carbocycles. The highest BCUT2D eigenvalue weighted by atomic mass is 79.9. The summed E-state index contributed by atoms with van der Waals surface area (Å²) < 4.78 is 1.01. The number of hydrogen-bond donors (Lipinski definition) is 1. The minimum atomic E-state index is 0.0111. The molecule has 1 aromatic carbocycles. The van der Waals surface area contributed by atoms with E-state index in [4.69, 9.17) is 0 Å². The molecule has 1 aliphatic rings. The third-order valence-corrected chi connectivity index (χ3v) is 4.05. The standard InChI is InChI=1S/C14H19BrN2O/c1-10-4-3-5-11(2)17(10)14(18)16-13-8-6-12(15)7-9-13/h6-11H,3-5H2,1-2H3,(H,16,18)/t10-,11-/m0/s1. The molecule has 1 aromatic rings. The molecule has 0 spiro atoms. The number of rotatable bonds is 1. The van der Waals surface area contributed by atoms with Crippen LogP contribution in [0.15, 0.2) is 28.7 Å². The van der Waals surface area contributed by atoms with Crippen molar-refractivity contribution in [2.24, 2.45) is 0 Å². The van der Waals surface area contributed by atoms with Crippen LogP contribution in [-0.4, -0.2) is 23.0 Å². The molecular weight excluding hydrogens is 292 g/mol. The van der Waals surface area contributed by atoms with Crippen LogP contribution in [0.4, 0.5) is 10.5 Å². The fourth-order valence-electron chi connectivity index (χ4n) is 2.54. The van der Waals surface area contributed by atoms with Gasteiger partial charge in [-0.2, -0.15) is 0 Å². The fraction of sp³-hybridized carbons (Fsp3) is 0.500. The van der Waals surface area contributed by atoms with Crippen LogP contribution in [0.5, 0.6) is 0 Å². The average molecular weight is 311 g/mol. The van der Waals surface area contributed by atoms with Crippen molar-refractivity contribution in [3.05, 3.63) is 28.7 Å². The van der Waals surface area contributed by atoms with E-state index in [9.17, 15) is 4.79 Å². The van der Waals surface area contributed by atoms with Crippen LogP contribution in [0.2, 0.25) is 0 Å². The Morgan fingerprint density at radius 1 is 1.22 bits per heavy atom. The third-order valence-electron chi connectivity index (χ3n) is 3.52.